The van der Waals surface area contributed by atoms with Crippen LogP contribution in [0.1, 0.15) is 37.6 Å². The van der Waals surface area contributed by atoms with Gasteiger partial charge in [-0.25, -0.2) is 0 Å². The zero-order valence-electron chi connectivity index (χ0n) is 12.8. The predicted molar refractivity (Wildman–Crippen MR) is 84.5 cm³/mol. The van der Waals surface area contributed by atoms with Crippen LogP contribution in [0.3, 0.4) is 0 Å². The first-order valence-electron chi connectivity index (χ1n) is 7.83. The van der Waals surface area contributed by atoms with Crippen LogP contribution in [0.15, 0.2) is 17.5 Å². The van der Waals surface area contributed by atoms with Gasteiger partial charge in [0.1, 0.15) is 0 Å². The smallest absolute Gasteiger partial charge is 0.237 e. The van der Waals surface area contributed by atoms with Crippen LogP contribution in [0, 0.1) is 0 Å². The van der Waals surface area contributed by atoms with Gasteiger partial charge in [0.15, 0.2) is 0 Å². The van der Waals surface area contributed by atoms with E-state index in [0.717, 1.165) is 32.5 Å². The van der Waals surface area contributed by atoms with E-state index in [9.17, 15) is 4.79 Å². The third-order valence-corrected chi connectivity index (χ3v) is 5.49. The largest absolute Gasteiger partial charge is 0.376 e. The molecule has 0 N–H and O–H groups in total. The molecule has 0 unspecified atom stereocenters. The summed E-state index contributed by atoms with van der Waals surface area (Å²) in [6.07, 6.45) is 2.44. The molecule has 2 fully saturated rings. The molecule has 0 aliphatic carbocycles. The Kier molecular flexibility index (Phi) is 4.62. The van der Waals surface area contributed by atoms with Crippen molar-refractivity contribution < 1.29 is 9.53 Å². The average molecular weight is 308 g/mol. The summed E-state index contributed by atoms with van der Waals surface area (Å²) in [6.45, 7) is 7.22. The van der Waals surface area contributed by atoms with Crippen molar-refractivity contribution >= 4 is 17.2 Å². The highest BCUT2D eigenvalue weighted by Gasteiger charge is 2.33. The Morgan fingerprint density at radius 3 is 3.10 bits per heavy atom. The van der Waals surface area contributed by atoms with Gasteiger partial charge in [0.25, 0.3) is 0 Å². The SMILES string of the molecule is C[C@@H]1CN(CC(=O)N2CCC[C@@H]2c2cccs2)[C@H](C)CO1. The van der Waals surface area contributed by atoms with Crippen LogP contribution in [-0.4, -0.2) is 54.1 Å². The van der Waals surface area contributed by atoms with Gasteiger partial charge in [-0.15, -0.1) is 11.3 Å². The van der Waals surface area contributed by atoms with Crippen LogP contribution in [0.2, 0.25) is 0 Å². The Hall–Kier alpha value is -0.910. The van der Waals surface area contributed by atoms with E-state index in [4.69, 9.17) is 4.74 Å². The number of amides is 1. The van der Waals surface area contributed by atoms with E-state index in [1.807, 2.05) is 0 Å². The minimum absolute atomic E-state index is 0.223. The summed E-state index contributed by atoms with van der Waals surface area (Å²) in [5, 5.41) is 2.10. The van der Waals surface area contributed by atoms with Crippen LogP contribution in [0.5, 0.6) is 0 Å². The molecule has 1 aromatic rings. The summed E-state index contributed by atoms with van der Waals surface area (Å²) in [6, 6.07) is 4.85. The van der Waals surface area contributed by atoms with E-state index in [0.29, 0.717) is 18.6 Å². The number of hydrogen-bond acceptors (Lipinski definition) is 4. The fourth-order valence-electron chi connectivity index (χ4n) is 3.30. The van der Waals surface area contributed by atoms with Crippen molar-refractivity contribution in [3.05, 3.63) is 22.4 Å². The number of likely N-dealkylation sites (tertiary alicyclic amines) is 1. The molecule has 1 amide bonds. The summed E-state index contributed by atoms with van der Waals surface area (Å²) in [5.41, 5.74) is 0. The highest BCUT2D eigenvalue weighted by Crippen LogP contribution is 2.34. The van der Waals surface area contributed by atoms with Gasteiger partial charge in [0.05, 0.1) is 25.3 Å². The summed E-state index contributed by atoms with van der Waals surface area (Å²) >= 11 is 1.76. The Morgan fingerprint density at radius 1 is 1.48 bits per heavy atom. The predicted octanol–water partition coefficient (Wildman–Crippen LogP) is 2.52. The Morgan fingerprint density at radius 2 is 2.33 bits per heavy atom. The highest BCUT2D eigenvalue weighted by molar-refractivity contribution is 7.10. The first kappa shape index (κ1) is 15.0. The van der Waals surface area contributed by atoms with Gasteiger partial charge in [-0.05, 0) is 38.1 Å². The van der Waals surface area contributed by atoms with Gasteiger partial charge >= 0.3 is 0 Å². The molecule has 4 nitrogen and oxygen atoms in total. The third kappa shape index (κ3) is 3.30. The molecular formula is C16H24N2O2S. The van der Waals surface area contributed by atoms with Crippen molar-refractivity contribution in [3.63, 3.8) is 0 Å². The molecule has 2 saturated heterocycles. The number of morpholine rings is 1. The van der Waals surface area contributed by atoms with Gasteiger partial charge in [-0.2, -0.15) is 0 Å². The highest BCUT2D eigenvalue weighted by atomic mass is 32.1. The fourth-order valence-corrected chi connectivity index (χ4v) is 4.17. The average Bonchev–Trinajstić information content (AvgIpc) is 3.12. The number of thiophene rings is 1. The molecule has 3 atom stereocenters. The van der Waals surface area contributed by atoms with E-state index in [1.54, 1.807) is 11.3 Å². The normalized spacial score (nSPS) is 30.8. The van der Waals surface area contributed by atoms with Crippen LogP contribution < -0.4 is 0 Å². The van der Waals surface area contributed by atoms with E-state index in [2.05, 4.69) is 41.2 Å². The maximum Gasteiger partial charge on any atom is 0.237 e. The minimum atomic E-state index is 0.223. The van der Waals surface area contributed by atoms with Crippen LogP contribution in [0.25, 0.3) is 0 Å². The van der Waals surface area contributed by atoms with Crippen molar-refractivity contribution in [1.82, 2.24) is 9.80 Å². The van der Waals surface area contributed by atoms with Gasteiger partial charge in [-0.1, -0.05) is 6.07 Å². The molecule has 0 aromatic carbocycles. The van der Waals surface area contributed by atoms with Crippen molar-refractivity contribution in [1.29, 1.82) is 0 Å². The molecule has 0 saturated carbocycles. The second-order valence-corrected chi connectivity index (χ2v) is 7.16. The maximum atomic E-state index is 12.7. The molecule has 0 radical (unpaired) electrons. The number of hydrogen-bond donors (Lipinski definition) is 0. The van der Waals surface area contributed by atoms with Gasteiger partial charge in [0.2, 0.25) is 5.91 Å². The first-order chi connectivity index (χ1) is 10.1. The van der Waals surface area contributed by atoms with E-state index in [1.165, 1.54) is 4.88 Å². The Labute approximate surface area is 130 Å². The lowest BCUT2D eigenvalue weighted by Gasteiger charge is -2.37. The summed E-state index contributed by atoms with van der Waals surface area (Å²) in [5.74, 6) is 0.270. The first-order valence-corrected chi connectivity index (χ1v) is 8.71. The molecule has 5 heteroatoms. The van der Waals surface area contributed by atoms with Crippen molar-refractivity contribution in [2.45, 2.75) is 44.9 Å². The quantitative estimate of drug-likeness (QED) is 0.860. The Balaban J connectivity index is 1.64. The number of nitrogens with zero attached hydrogens (tertiary/aromatic N) is 2. The van der Waals surface area contributed by atoms with E-state index in [-0.39, 0.29) is 12.0 Å². The van der Waals surface area contributed by atoms with Crippen LogP contribution in [0.4, 0.5) is 0 Å². The molecule has 116 valence electrons. The number of carbonyl (C=O) groups excluding carboxylic acids is 1. The molecule has 2 aliphatic rings. The van der Waals surface area contributed by atoms with Crippen molar-refractivity contribution in [2.75, 3.05) is 26.2 Å². The minimum Gasteiger partial charge on any atom is -0.376 e. The molecule has 3 heterocycles. The Bertz CT molecular complexity index is 477. The van der Waals surface area contributed by atoms with Crippen molar-refractivity contribution in [2.24, 2.45) is 0 Å². The fraction of sp³-hybridized carbons (Fsp3) is 0.688. The molecular weight excluding hydrogens is 284 g/mol. The van der Waals surface area contributed by atoms with Gasteiger partial charge in [-0.3, -0.25) is 9.69 Å². The van der Waals surface area contributed by atoms with E-state index < -0.39 is 0 Å². The summed E-state index contributed by atoms with van der Waals surface area (Å²) in [4.78, 5) is 18.4. The third-order valence-electron chi connectivity index (χ3n) is 4.52. The van der Waals surface area contributed by atoms with Crippen LogP contribution in [-0.2, 0) is 9.53 Å². The number of rotatable bonds is 3. The molecule has 1 aromatic heterocycles. The molecule has 0 bridgehead atoms. The second-order valence-electron chi connectivity index (χ2n) is 6.18. The van der Waals surface area contributed by atoms with Crippen LogP contribution >= 0.6 is 11.3 Å². The maximum absolute atomic E-state index is 12.7. The molecule has 3 rings (SSSR count). The lowest BCUT2D eigenvalue weighted by atomic mass is 10.1. The summed E-state index contributed by atoms with van der Waals surface area (Å²) in [7, 11) is 0. The lowest BCUT2D eigenvalue weighted by Crippen LogP contribution is -2.51. The monoisotopic (exact) mass is 308 g/mol. The van der Waals surface area contributed by atoms with Gasteiger partial charge in [0, 0.05) is 24.0 Å². The van der Waals surface area contributed by atoms with E-state index >= 15 is 0 Å². The zero-order valence-corrected chi connectivity index (χ0v) is 13.6. The zero-order chi connectivity index (χ0) is 14.8. The standard InChI is InChI=1S/C16H24N2O2S/c1-12-11-20-13(2)9-17(12)10-16(19)18-7-3-5-14(18)15-6-4-8-21-15/h4,6,8,12-14H,3,5,7,9-11H2,1-2H3/t12-,13-,14-/m1/s1. The van der Waals surface area contributed by atoms with Crippen molar-refractivity contribution in [3.8, 4) is 0 Å². The molecule has 21 heavy (non-hydrogen) atoms. The van der Waals surface area contributed by atoms with Gasteiger partial charge < -0.3 is 9.64 Å². The number of ether oxygens (including phenoxy) is 1. The number of carbonyl (C=O) groups is 1. The molecule has 0 spiro atoms. The molecule has 2 aliphatic heterocycles. The second kappa shape index (κ2) is 6.46. The lowest BCUT2D eigenvalue weighted by molar-refractivity contribution is -0.136. The summed E-state index contributed by atoms with van der Waals surface area (Å²) < 4.78 is 5.64. The topological polar surface area (TPSA) is 32.8 Å².